The summed E-state index contributed by atoms with van der Waals surface area (Å²) < 4.78 is 1.15. The van der Waals surface area contributed by atoms with E-state index >= 15 is 0 Å². The molecule has 0 aliphatic carbocycles. The maximum absolute atomic E-state index is 11.5. The molecule has 0 saturated carbocycles. The average molecular weight is 180 g/mol. The Morgan fingerprint density at radius 3 is 2.77 bits per heavy atom. The summed E-state index contributed by atoms with van der Waals surface area (Å²) in [6, 6.07) is 0. The van der Waals surface area contributed by atoms with Crippen molar-refractivity contribution in [2.45, 2.75) is 6.92 Å². The van der Waals surface area contributed by atoms with Crippen LogP contribution in [0.4, 0.5) is 11.8 Å². The molecule has 0 atom stereocenters. The molecule has 13 heavy (non-hydrogen) atoms. The fraction of sp³-hybridized carbons (Fsp3) is 0.167. The zero-order valence-corrected chi connectivity index (χ0v) is 6.90. The van der Waals surface area contributed by atoms with Crippen molar-refractivity contribution < 1.29 is 0 Å². The van der Waals surface area contributed by atoms with Gasteiger partial charge in [0, 0.05) is 0 Å². The Hall–Kier alpha value is -2.05. The SMILES string of the molecule is Cc1c(N)nc2nc(N)[nH]n2c1=O. The van der Waals surface area contributed by atoms with Crippen molar-refractivity contribution in [1.82, 2.24) is 19.6 Å². The van der Waals surface area contributed by atoms with E-state index in [-0.39, 0.29) is 23.1 Å². The molecule has 0 spiro atoms. The van der Waals surface area contributed by atoms with E-state index in [9.17, 15) is 4.79 Å². The molecule has 0 saturated heterocycles. The third-order valence-corrected chi connectivity index (χ3v) is 1.78. The topological polar surface area (TPSA) is 115 Å². The summed E-state index contributed by atoms with van der Waals surface area (Å²) >= 11 is 0. The lowest BCUT2D eigenvalue weighted by Gasteiger charge is -1.96. The van der Waals surface area contributed by atoms with Crippen molar-refractivity contribution in [2.24, 2.45) is 0 Å². The Morgan fingerprint density at radius 2 is 2.08 bits per heavy atom. The number of H-pyrrole nitrogens is 1. The summed E-state index contributed by atoms with van der Waals surface area (Å²) in [6.07, 6.45) is 0. The Kier molecular flexibility index (Phi) is 1.30. The van der Waals surface area contributed by atoms with E-state index in [4.69, 9.17) is 11.5 Å². The fourth-order valence-corrected chi connectivity index (χ4v) is 1.03. The summed E-state index contributed by atoms with van der Waals surface area (Å²) in [5, 5.41) is 2.55. The Labute approximate surface area is 72.4 Å². The van der Waals surface area contributed by atoms with Crippen LogP contribution in [0.2, 0.25) is 0 Å². The van der Waals surface area contributed by atoms with E-state index in [1.54, 1.807) is 6.92 Å². The van der Waals surface area contributed by atoms with Gasteiger partial charge in [-0.2, -0.15) is 14.5 Å². The number of fused-ring (bicyclic) bond motifs is 1. The van der Waals surface area contributed by atoms with Gasteiger partial charge in [0.15, 0.2) is 0 Å². The Morgan fingerprint density at radius 1 is 1.38 bits per heavy atom. The van der Waals surface area contributed by atoms with Gasteiger partial charge in [0.2, 0.25) is 5.95 Å². The molecule has 7 heteroatoms. The second kappa shape index (κ2) is 2.22. The van der Waals surface area contributed by atoms with Gasteiger partial charge < -0.3 is 11.5 Å². The van der Waals surface area contributed by atoms with Gasteiger partial charge in [-0.05, 0) is 6.92 Å². The monoisotopic (exact) mass is 180 g/mol. The number of hydrogen-bond acceptors (Lipinski definition) is 5. The van der Waals surface area contributed by atoms with E-state index in [0.29, 0.717) is 5.56 Å². The first-order valence-electron chi connectivity index (χ1n) is 3.60. The molecule has 0 unspecified atom stereocenters. The quantitative estimate of drug-likeness (QED) is 0.475. The van der Waals surface area contributed by atoms with Gasteiger partial charge in [-0.15, -0.1) is 0 Å². The first-order chi connectivity index (χ1) is 6.09. The van der Waals surface area contributed by atoms with Gasteiger partial charge in [-0.3, -0.25) is 9.89 Å². The van der Waals surface area contributed by atoms with Crippen molar-refractivity contribution in [3.05, 3.63) is 15.9 Å². The molecule has 0 aliphatic rings. The summed E-state index contributed by atoms with van der Waals surface area (Å²) in [5.74, 6) is 0.497. The third-order valence-electron chi connectivity index (χ3n) is 1.78. The van der Waals surface area contributed by atoms with Crippen LogP contribution in [-0.4, -0.2) is 19.6 Å². The van der Waals surface area contributed by atoms with Crippen LogP contribution in [0.3, 0.4) is 0 Å². The standard InChI is InChI=1S/C6H8N6O/c1-2-3(7)9-6-10-5(8)11-12(6)4(2)13/h7H2,1H3,(H3,8,9,10,11). The highest BCUT2D eigenvalue weighted by molar-refractivity contribution is 5.45. The summed E-state index contributed by atoms with van der Waals surface area (Å²) in [7, 11) is 0. The molecular weight excluding hydrogens is 172 g/mol. The minimum absolute atomic E-state index is 0.134. The number of rotatable bonds is 0. The van der Waals surface area contributed by atoms with Crippen LogP contribution < -0.4 is 17.0 Å². The Balaban J connectivity index is 3.01. The minimum Gasteiger partial charge on any atom is -0.383 e. The maximum atomic E-state index is 11.5. The molecule has 0 radical (unpaired) electrons. The molecular formula is C6H8N6O. The number of aromatic nitrogens is 4. The number of anilines is 2. The van der Waals surface area contributed by atoms with Crippen molar-refractivity contribution >= 4 is 17.5 Å². The number of hydrogen-bond donors (Lipinski definition) is 3. The summed E-state index contributed by atoms with van der Waals surface area (Å²) in [5.41, 5.74) is 10.9. The molecule has 5 N–H and O–H groups in total. The average Bonchev–Trinajstić information content (AvgIpc) is 2.42. The molecule has 2 rings (SSSR count). The molecule has 2 aromatic heterocycles. The molecule has 68 valence electrons. The van der Waals surface area contributed by atoms with Crippen molar-refractivity contribution in [1.29, 1.82) is 0 Å². The van der Waals surface area contributed by atoms with Gasteiger partial charge in [0.25, 0.3) is 11.3 Å². The predicted octanol–water partition coefficient (Wildman–Crippen LogP) is -1.11. The van der Waals surface area contributed by atoms with Crippen molar-refractivity contribution in [3.8, 4) is 0 Å². The van der Waals surface area contributed by atoms with E-state index in [2.05, 4.69) is 15.1 Å². The molecule has 0 aromatic carbocycles. The predicted molar refractivity (Wildman–Crippen MR) is 47.2 cm³/mol. The lowest BCUT2D eigenvalue weighted by Crippen LogP contribution is -2.20. The first-order valence-corrected chi connectivity index (χ1v) is 3.60. The molecule has 0 amide bonds. The molecule has 0 fully saturated rings. The third kappa shape index (κ3) is 0.934. The van der Waals surface area contributed by atoms with Crippen LogP contribution in [0.25, 0.3) is 5.78 Å². The van der Waals surface area contributed by atoms with Crippen LogP contribution in [-0.2, 0) is 0 Å². The first kappa shape index (κ1) is 7.59. The summed E-state index contributed by atoms with van der Waals surface area (Å²) in [4.78, 5) is 19.1. The highest BCUT2D eigenvalue weighted by Crippen LogP contribution is 2.03. The second-order valence-corrected chi connectivity index (χ2v) is 2.67. The number of nitrogens with one attached hydrogen (secondary N) is 1. The Bertz CT molecular complexity index is 524. The van der Waals surface area contributed by atoms with Gasteiger partial charge >= 0.3 is 0 Å². The minimum atomic E-state index is -0.285. The lowest BCUT2D eigenvalue weighted by atomic mass is 10.3. The zero-order valence-electron chi connectivity index (χ0n) is 6.90. The van der Waals surface area contributed by atoms with Crippen molar-refractivity contribution in [3.63, 3.8) is 0 Å². The van der Waals surface area contributed by atoms with Gasteiger partial charge in [-0.1, -0.05) is 0 Å². The van der Waals surface area contributed by atoms with Gasteiger partial charge in [-0.25, -0.2) is 0 Å². The van der Waals surface area contributed by atoms with E-state index in [1.165, 1.54) is 0 Å². The maximum Gasteiger partial charge on any atom is 0.279 e. The number of nitrogen functional groups attached to an aromatic ring is 2. The van der Waals surface area contributed by atoms with E-state index in [1.807, 2.05) is 0 Å². The second-order valence-electron chi connectivity index (χ2n) is 2.67. The van der Waals surface area contributed by atoms with E-state index < -0.39 is 0 Å². The van der Waals surface area contributed by atoms with Gasteiger partial charge in [0.05, 0.1) is 5.56 Å². The zero-order chi connectivity index (χ0) is 9.59. The van der Waals surface area contributed by atoms with Crippen LogP contribution in [0.15, 0.2) is 4.79 Å². The molecule has 0 bridgehead atoms. The lowest BCUT2D eigenvalue weighted by molar-refractivity contribution is 0.892. The fourth-order valence-electron chi connectivity index (χ4n) is 1.03. The normalized spacial score (nSPS) is 10.8. The molecule has 7 nitrogen and oxygen atoms in total. The van der Waals surface area contributed by atoms with E-state index in [0.717, 1.165) is 4.52 Å². The highest BCUT2D eigenvalue weighted by Gasteiger charge is 2.08. The van der Waals surface area contributed by atoms with Crippen LogP contribution in [0.1, 0.15) is 5.56 Å². The molecule has 2 aromatic rings. The van der Waals surface area contributed by atoms with Crippen LogP contribution in [0, 0.1) is 6.92 Å². The molecule has 0 aliphatic heterocycles. The highest BCUT2D eigenvalue weighted by atomic mass is 16.1. The summed E-state index contributed by atoms with van der Waals surface area (Å²) in [6.45, 7) is 1.59. The molecule has 2 heterocycles. The smallest absolute Gasteiger partial charge is 0.279 e. The largest absolute Gasteiger partial charge is 0.383 e. The number of nitrogens with two attached hydrogens (primary N) is 2. The number of nitrogens with zero attached hydrogens (tertiary/aromatic N) is 3. The van der Waals surface area contributed by atoms with Crippen molar-refractivity contribution in [2.75, 3.05) is 11.5 Å². The van der Waals surface area contributed by atoms with Crippen LogP contribution >= 0.6 is 0 Å². The van der Waals surface area contributed by atoms with Gasteiger partial charge in [0.1, 0.15) is 5.82 Å². The van der Waals surface area contributed by atoms with Crippen LogP contribution in [0.5, 0.6) is 0 Å². The number of aromatic amines is 1.